The minimum atomic E-state index is 0.0922. The van der Waals surface area contributed by atoms with Gasteiger partial charge in [-0.05, 0) is 31.6 Å². The lowest BCUT2D eigenvalue weighted by Gasteiger charge is -2.35. The monoisotopic (exact) mass is 281 g/mol. The first-order chi connectivity index (χ1) is 8.89. The topological polar surface area (TPSA) is 39.3 Å². The highest BCUT2D eigenvalue weighted by atomic mass is 32.2. The van der Waals surface area contributed by atoms with E-state index in [9.17, 15) is 4.79 Å². The first kappa shape index (κ1) is 14.5. The standard InChI is InChI=1S/C14H23N3OS/c1-14(2,9-16(3)4)10-17-12(18)8-19-13(17)11-6-5-7-15-11/h5-7,13,15H,8-10H2,1-4H3. The minimum absolute atomic E-state index is 0.0922. The molecular formula is C14H23N3OS. The Morgan fingerprint density at radius 2 is 2.26 bits per heavy atom. The van der Waals surface area contributed by atoms with E-state index in [1.165, 1.54) is 0 Å². The average molecular weight is 281 g/mol. The van der Waals surface area contributed by atoms with Crippen LogP contribution in [0.2, 0.25) is 0 Å². The number of thioether (sulfide) groups is 1. The van der Waals surface area contributed by atoms with Gasteiger partial charge in [0.25, 0.3) is 0 Å². The summed E-state index contributed by atoms with van der Waals surface area (Å²) in [5, 5.41) is 0.143. The molecule has 0 spiro atoms. The Balaban J connectivity index is 2.10. The van der Waals surface area contributed by atoms with Crippen molar-refractivity contribution in [3.8, 4) is 0 Å². The highest BCUT2D eigenvalue weighted by molar-refractivity contribution is 8.00. The van der Waals surface area contributed by atoms with E-state index >= 15 is 0 Å². The number of hydrogen-bond donors (Lipinski definition) is 1. The normalized spacial score (nSPS) is 20.6. The largest absolute Gasteiger partial charge is 0.363 e. The summed E-state index contributed by atoms with van der Waals surface area (Å²) < 4.78 is 0. The molecule has 1 fully saturated rings. The lowest BCUT2D eigenvalue weighted by Crippen LogP contribution is -2.41. The predicted molar refractivity (Wildman–Crippen MR) is 80.0 cm³/mol. The van der Waals surface area contributed by atoms with E-state index in [1.807, 2.05) is 17.2 Å². The summed E-state index contributed by atoms with van der Waals surface area (Å²) in [7, 11) is 4.15. The van der Waals surface area contributed by atoms with Crippen LogP contribution < -0.4 is 0 Å². The Hall–Kier alpha value is -0.940. The maximum Gasteiger partial charge on any atom is 0.233 e. The fourth-order valence-electron chi connectivity index (χ4n) is 2.75. The molecule has 4 nitrogen and oxygen atoms in total. The molecule has 106 valence electrons. The number of nitrogens with zero attached hydrogens (tertiary/aromatic N) is 2. The van der Waals surface area contributed by atoms with Gasteiger partial charge in [-0.25, -0.2) is 0 Å². The molecule has 1 atom stereocenters. The van der Waals surface area contributed by atoms with Crippen LogP contribution in [-0.4, -0.2) is 53.6 Å². The summed E-state index contributed by atoms with van der Waals surface area (Å²) in [5.41, 5.74) is 1.21. The molecule has 2 rings (SSSR count). The summed E-state index contributed by atoms with van der Waals surface area (Å²) in [5.74, 6) is 0.832. The molecule has 0 aliphatic carbocycles. The van der Waals surface area contributed by atoms with E-state index in [2.05, 4.69) is 43.9 Å². The highest BCUT2D eigenvalue weighted by Crippen LogP contribution is 2.39. The lowest BCUT2D eigenvalue weighted by molar-refractivity contribution is -0.129. The number of amides is 1. The van der Waals surface area contributed by atoms with Crippen LogP contribution in [0.25, 0.3) is 0 Å². The second-order valence-electron chi connectivity index (χ2n) is 6.21. The summed E-state index contributed by atoms with van der Waals surface area (Å²) in [6.07, 6.45) is 1.92. The van der Waals surface area contributed by atoms with Crippen molar-refractivity contribution >= 4 is 17.7 Å². The van der Waals surface area contributed by atoms with E-state index in [4.69, 9.17) is 0 Å². The number of rotatable bonds is 5. The molecule has 0 bridgehead atoms. The SMILES string of the molecule is CN(C)CC(C)(C)CN1C(=O)CSC1c1ccc[nH]1. The number of aromatic amines is 1. The Morgan fingerprint density at radius 1 is 1.53 bits per heavy atom. The first-order valence-corrected chi connectivity index (χ1v) is 7.63. The third kappa shape index (κ3) is 3.54. The molecule has 1 aromatic heterocycles. The summed E-state index contributed by atoms with van der Waals surface area (Å²) in [4.78, 5) is 19.5. The fourth-order valence-corrected chi connectivity index (χ4v) is 3.91. The first-order valence-electron chi connectivity index (χ1n) is 6.58. The van der Waals surface area contributed by atoms with E-state index in [0.29, 0.717) is 5.75 Å². The van der Waals surface area contributed by atoms with Gasteiger partial charge in [0.15, 0.2) is 0 Å². The second kappa shape index (κ2) is 5.59. The van der Waals surface area contributed by atoms with Gasteiger partial charge in [0, 0.05) is 25.0 Å². The zero-order chi connectivity index (χ0) is 14.0. The number of carbonyl (C=O) groups excluding carboxylic acids is 1. The van der Waals surface area contributed by atoms with Crippen molar-refractivity contribution in [2.24, 2.45) is 5.41 Å². The van der Waals surface area contributed by atoms with Crippen LogP contribution in [0, 0.1) is 5.41 Å². The Morgan fingerprint density at radius 3 is 2.84 bits per heavy atom. The van der Waals surface area contributed by atoms with Gasteiger partial charge in [-0.15, -0.1) is 11.8 Å². The number of carbonyl (C=O) groups is 1. The van der Waals surface area contributed by atoms with Gasteiger partial charge in [0.05, 0.1) is 5.75 Å². The summed E-state index contributed by atoms with van der Waals surface area (Å²) >= 11 is 1.71. The molecule has 5 heteroatoms. The van der Waals surface area contributed by atoms with Crippen molar-refractivity contribution in [3.63, 3.8) is 0 Å². The molecule has 0 radical (unpaired) electrons. The van der Waals surface area contributed by atoms with Crippen LogP contribution >= 0.6 is 11.8 Å². The van der Waals surface area contributed by atoms with Crippen molar-refractivity contribution in [2.45, 2.75) is 19.2 Å². The molecular weight excluding hydrogens is 258 g/mol. The van der Waals surface area contributed by atoms with Crippen molar-refractivity contribution in [2.75, 3.05) is 32.9 Å². The molecule has 1 aromatic rings. The van der Waals surface area contributed by atoms with Crippen LogP contribution in [0.5, 0.6) is 0 Å². The van der Waals surface area contributed by atoms with Gasteiger partial charge in [0.2, 0.25) is 5.91 Å². The quantitative estimate of drug-likeness (QED) is 0.899. The fraction of sp³-hybridized carbons (Fsp3) is 0.643. The van der Waals surface area contributed by atoms with Crippen molar-refractivity contribution < 1.29 is 4.79 Å². The number of nitrogens with one attached hydrogen (secondary N) is 1. The average Bonchev–Trinajstić information content (AvgIpc) is 2.87. The van der Waals surface area contributed by atoms with E-state index in [0.717, 1.165) is 18.8 Å². The third-order valence-corrected chi connectivity index (χ3v) is 4.44. The number of hydrogen-bond acceptors (Lipinski definition) is 3. The smallest absolute Gasteiger partial charge is 0.233 e. The van der Waals surface area contributed by atoms with Crippen molar-refractivity contribution in [3.05, 3.63) is 24.0 Å². The molecule has 1 unspecified atom stereocenters. The van der Waals surface area contributed by atoms with E-state index in [1.54, 1.807) is 11.8 Å². The maximum atomic E-state index is 12.1. The summed E-state index contributed by atoms with van der Waals surface area (Å²) in [6, 6.07) is 4.05. The van der Waals surface area contributed by atoms with Crippen LogP contribution in [0.1, 0.15) is 24.9 Å². The van der Waals surface area contributed by atoms with Crippen LogP contribution in [-0.2, 0) is 4.79 Å². The van der Waals surface area contributed by atoms with E-state index in [-0.39, 0.29) is 16.7 Å². The third-order valence-electron chi connectivity index (χ3n) is 3.20. The second-order valence-corrected chi connectivity index (χ2v) is 7.28. The predicted octanol–water partition coefficient (Wildman–Crippen LogP) is 2.18. The van der Waals surface area contributed by atoms with E-state index < -0.39 is 0 Å². The molecule has 1 aliphatic heterocycles. The van der Waals surface area contributed by atoms with Crippen molar-refractivity contribution in [1.29, 1.82) is 0 Å². The zero-order valence-electron chi connectivity index (χ0n) is 12.1. The highest BCUT2D eigenvalue weighted by Gasteiger charge is 2.36. The molecule has 1 aliphatic rings. The van der Waals surface area contributed by atoms with Gasteiger partial charge >= 0.3 is 0 Å². The molecule has 0 aromatic carbocycles. The Kier molecular flexibility index (Phi) is 4.26. The number of H-pyrrole nitrogens is 1. The molecule has 1 amide bonds. The number of aromatic nitrogens is 1. The summed E-state index contributed by atoms with van der Waals surface area (Å²) in [6.45, 7) is 6.20. The molecule has 19 heavy (non-hydrogen) atoms. The lowest BCUT2D eigenvalue weighted by atomic mass is 9.92. The van der Waals surface area contributed by atoms with Crippen LogP contribution in [0.3, 0.4) is 0 Å². The maximum absolute atomic E-state index is 12.1. The van der Waals surface area contributed by atoms with Gasteiger partial charge in [0.1, 0.15) is 5.37 Å². The Bertz CT molecular complexity index is 428. The molecule has 2 heterocycles. The van der Waals surface area contributed by atoms with Gasteiger partial charge in [-0.3, -0.25) is 4.79 Å². The van der Waals surface area contributed by atoms with Crippen LogP contribution in [0.15, 0.2) is 18.3 Å². The van der Waals surface area contributed by atoms with Gasteiger partial charge < -0.3 is 14.8 Å². The van der Waals surface area contributed by atoms with Crippen molar-refractivity contribution in [1.82, 2.24) is 14.8 Å². The van der Waals surface area contributed by atoms with Gasteiger partial charge in [-0.2, -0.15) is 0 Å². The molecule has 1 saturated heterocycles. The minimum Gasteiger partial charge on any atom is -0.363 e. The van der Waals surface area contributed by atoms with Gasteiger partial charge in [-0.1, -0.05) is 13.8 Å². The Labute approximate surface area is 119 Å². The molecule has 0 saturated carbocycles. The molecule has 1 N–H and O–H groups in total. The zero-order valence-corrected chi connectivity index (χ0v) is 13.0. The van der Waals surface area contributed by atoms with Crippen LogP contribution in [0.4, 0.5) is 0 Å².